The summed E-state index contributed by atoms with van der Waals surface area (Å²) in [5, 5.41) is 2.99. The Morgan fingerprint density at radius 3 is 2.78 bits per heavy atom. The van der Waals surface area contributed by atoms with Crippen LogP contribution in [0.2, 0.25) is 0 Å². The molecular formula is C22H21N3O2. The zero-order valence-electron chi connectivity index (χ0n) is 15.0. The van der Waals surface area contributed by atoms with Gasteiger partial charge in [0.2, 0.25) is 5.91 Å². The molecule has 1 amide bonds. The summed E-state index contributed by atoms with van der Waals surface area (Å²) in [6, 6.07) is 19.8. The molecule has 0 aliphatic carbocycles. The topological polar surface area (TPSA) is 64.1 Å². The highest BCUT2D eigenvalue weighted by molar-refractivity contribution is 5.79. The van der Waals surface area contributed by atoms with E-state index in [-0.39, 0.29) is 11.8 Å². The zero-order valence-corrected chi connectivity index (χ0v) is 15.0. The van der Waals surface area contributed by atoms with Crippen molar-refractivity contribution < 1.29 is 9.53 Å². The molecule has 2 heterocycles. The van der Waals surface area contributed by atoms with Crippen LogP contribution in [0.25, 0.3) is 11.3 Å². The first-order valence-electron chi connectivity index (χ1n) is 9.15. The minimum atomic E-state index is -0.156. The summed E-state index contributed by atoms with van der Waals surface area (Å²) in [6.45, 7) is 0.929. The molecule has 136 valence electrons. The predicted molar refractivity (Wildman–Crippen MR) is 103 cm³/mol. The van der Waals surface area contributed by atoms with Crippen molar-refractivity contribution in [2.75, 3.05) is 13.2 Å². The first-order valence-corrected chi connectivity index (χ1v) is 9.15. The van der Waals surface area contributed by atoms with Gasteiger partial charge >= 0.3 is 0 Å². The number of fused-ring (bicyclic) bond motifs is 1. The lowest BCUT2D eigenvalue weighted by atomic mass is 9.96. The molecule has 0 spiro atoms. The number of hydrogen-bond acceptors (Lipinski definition) is 4. The monoisotopic (exact) mass is 359 g/mol. The van der Waals surface area contributed by atoms with E-state index in [1.807, 2.05) is 60.7 Å². The van der Waals surface area contributed by atoms with Gasteiger partial charge in [0, 0.05) is 24.7 Å². The van der Waals surface area contributed by atoms with Gasteiger partial charge in [-0.15, -0.1) is 0 Å². The first kappa shape index (κ1) is 17.2. The number of hydrogen-bond donors (Lipinski definition) is 1. The fourth-order valence-electron chi connectivity index (χ4n) is 3.23. The fraction of sp³-hybridized carbons (Fsp3) is 0.227. The average molecular weight is 359 g/mol. The van der Waals surface area contributed by atoms with Gasteiger partial charge in [0.05, 0.1) is 11.6 Å². The van der Waals surface area contributed by atoms with E-state index in [1.165, 1.54) is 0 Å². The molecule has 5 heteroatoms. The number of ether oxygens (including phenoxy) is 1. The molecule has 0 saturated carbocycles. The molecule has 4 rings (SSSR count). The number of carbonyl (C=O) groups excluding carboxylic acids is 1. The Kier molecular flexibility index (Phi) is 5.10. The van der Waals surface area contributed by atoms with Crippen molar-refractivity contribution in [3.05, 3.63) is 78.2 Å². The molecule has 1 N–H and O–H groups in total. The smallest absolute Gasteiger partial charge is 0.226 e. The van der Waals surface area contributed by atoms with E-state index in [4.69, 9.17) is 4.74 Å². The maximum absolute atomic E-state index is 12.5. The highest BCUT2D eigenvalue weighted by atomic mass is 16.5. The van der Waals surface area contributed by atoms with Crippen molar-refractivity contribution >= 4 is 5.91 Å². The number of benzene rings is 2. The van der Waals surface area contributed by atoms with E-state index in [2.05, 4.69) is 15.3 Å². The van der Waals surface area contributed by atoms with Crippen molar-refractivity contribution in [3.8, 4) is 17.0 Å². The summed E-state index contributed by atoms with van der Waals surface area (Å²) in [6.07, 6.45) is 3.07. The largest absolute Gasteiger partial charge is 0.492 e. The second-order valence-corrected chi connectivity index (χ2v) is 6.58. The number of amides is 1. The van der Waals surface area contributed by atoms with Gasteiger partial charge in [0.1, 0.15) is 18.2 Å². The third-order valence-electron chi connectivity index (χ3n) is 4.67. The molecule has 0 radical (unpaired) electrons. The Hall–Kier alpha value is -3.21. The minimum absolute atomic E-state index is 0.0173. The number of para-hydroxylation sites is 1. The van der Waals surface area contributed by atoms with E-state index < -0.39 is 0 Å². The normalized spacial score (nSPS) is 15.5. The number of carbonyl (C=O) groups is 1. The molecule has 2 aromatic carbocycles. The molecule has 0 bridgehead atoms. The SMILES string of the molecule is O=C(NCCc1nccc(-c2ccccc2)n1)[C@H]1COc2ccccc2C1. The van der Waals surface area contributed by atoms with Gasteiger partial charge in [-0.25, -0.2) is 9.97 Å². The number of nitrogens with one attached hydrogen (secondary N) is 1. The molecule has 5 nitrogen and oxygen atoms in total. The molecular weight excluding hydrogens is 338 g/mol. The van der Waals surface area contributed by atoms with Crippen LogP contribution in [0.3, 0.4) is 0 Å². The van der Waals surface area contributed by atoms with Crippen LogP contribution < -0.4 is 10.1 Å². The third-order valence-corrected chi connectivity index (χ3v) is 4.67. The van der Waals surface area contributed by atoms with Crippen molar-refractivity contribution in [3.63, 3.8) is 0 Å². The molecule has 3 aromatic rings. The highest BCUT2D eigenvalue weighted by Crippen LogP contribution is 2.26. The summed E-state index contributed by atoms with van der Waals surface area (Å²) in [4.78, 5) is 21.4. The maximum atomic E-state index is 12.5. The second-order valence-electron chi connectivity index (χ2n) is 6.58. The molecule has 1 atom stereocenters. The fourth-order valence-corrected chi connectivity index (χ4v) is 3.23. The lowest BCUT2D eigenvalue weighted by Crippen LogP contribution is -2.38. The lowest BCUT2D eigenvalue weighted by Gasteiger charge is -2.24. The van der Waals surface area contributed by atoms with Gasteiger partial charge in [0.25, 0.3) is 0 Å². The number of aromatic nitrogens is 2. The van der Waals surface area contributed by atoms with Crippen LogP contribution in [-0.2, 0) is 17.6 Å². The van der Waals surface area contributed by atoms with Crippen molar-refractivity contribution in [2.45, 2.75) is 12.8 Å². The van der Waals surface area contributed by atoms with Crippen LogP contribution in [0.15, 0.2) is 66.9 Å². The van der Waals surface area contributed by atoms with Gasteiger partial charge in [-0.3, -0.25) is 4.79 Å². The predicted octanol–water partition coefficient (Wildman–Crippen LogP) is 3.05. The molecule has 1 aromatic heterocycles. The van der Waals surface area contributed by atoms with E-state index in [0.717, 1.165) is 28.4 Å². The van der Waals surface area contributed by atoms with E-state index in [1.54, 1.807) is 6.20 Å². The van der Waals surface area contributed by atoms with E-state index in [9.17, 15) is 4.79 Å². The Morgan fingerprint density at radius 2 is 1.89 bits per heavy atom. The van der Waals surface area contributed by atoms with E-state index >= 15 is 0 Å². The van der Waals surface area contributed by atoms with Crippen molar-refractivity contribution in [1.29, 1.82) is 0 Å². The average Bonchev–Trinajstić information content (AvgIpc) is 2.74. The van der Waals surface area contributed by atoms with Gasteiger partial charge in [-0.1, -0.05) is 48.5 Å². The number of rotatable bonds is 5. The van der Waals surface area contributed by atoms with Crippen LogP contribution in [0, 0.1) is 5.92 Å². The van der Waals surface area contributed by atoms with Crippen LogP contribution in [0.4, 0.5) is 0 Å². The molecule has 1 aliphatic rings. The summed E-state index contributed by atoms with van der Waals surface area (Å²) < 4.78 is 5.70. The lowest BCUT2D eigenvalue weighted by molar-refractivity contribution is -0.126. The van der Waals surface area contributed by atoms with Crippen molar-refractivity contribution in [1.82, 2.24) is 15.3 Å². The van der Waals surface area contributed by atoms with Crippen LogP contribution in [0.5, 0.6) is 5.75 Å². The number of nitrogens with zero attached hydrogens (tertiary/aromatic N) is 2. The molecule has 0 fully saturated rings. The molecule has 0 unspecified atom stereocenters. The molecule has 27 heavy (non-hydrogen) atoms. The summed E-state index contributed by atoms with van der Waals surface area (Å²) >= 11 is 0. The Morgan fingerprint density at radius 1 is 1.07 bits per heavy atom. The quantitative estimate of drug-likeness (QED) is 0.760. The minimum Gasteiger partial charge on any atom is -0.492 e. The Bertz CT molecular complexity index is 928. The van der Waals surface area contributed by atoms with Gasteiger partial charge < -0.3 is 10.1 Å². The zero-order chi connectivity index (χ0) is 18.5. The Balaban J connectivity index is 1.32. The summed E-state index contributed by atoms with van der Waals surface area (Å²) in [5.74, 6) is 1.47. The van der Waals surface area contributed by atoms with Gasteiger partial charge in [-0.05, 0) is 24.1 Å². The summed E-state index contributed by atoms with van der Waals surface area (Å²) in [7, 11) is 0. The van der Waals surface area contributed by atoms with Crippen molar-refractivity contribution in [2.24, 2.45) is 5.92 Å². The Labute approximate surface area is 158 Å². The first-order chi connectivity index (χ1) is 13.3. The van der Waals surface area contributed by atoms with Gasteiger partial charge in [-0.2, -0.15) is 0 Å². The molecule has 1 aliphatic heterocycles. The van der Waals surface area contributed by atoms with E-state index in [0.29, 0.717) is 26.0 Å². The second kappa shape index (κ2) is 7.99. The van der Waals surface area contributed by atoms with Gasteiger partial charge in [0.15, 0.2) is 0 Å². The third kappa shape index (κ3) is 4.14. The summed E-state index contributed by atoms with van der Waals surface area (Å²) in [5.41, 5.74) is 3.04. The molecule has 0 saturated heterocycles. The van der Waals surface area contributed by atoms with Crippen LogP contribution in [-0.4, -0.2) is 29.0 Å². The van der Waals surface area contributed by atoms with Crippen LogP contribution in [0.1, 0.15) is 11.4 Å². The van der Waals surface area contributed by atoms with Crippen LogP contribution >= 0.6 is 0 Å². The highest BCUT2D eigenvalue weighted by Gasteiger charge is 2.25. The standard InChI is InChI=1S/C22H21N3O2/c26-22(18-14-17-8-4-5-9-20(17)27-15-18)24-13-11-21-23-12-10-19(25-21)16-6-2-1-3-7-16/h1-10,12,18H,11,13-15H2,(H,24,26)/t18-/m1/s1. The maximum Gasteiger partial charge on any atom is 0.226 e.